The Labute approximate surface area is 223 Å². The van der Waals surface area contributed by atoms with Crippen LogP contribution in [0.4, 0.5) is 9.18 Å². The molecule has 1 amide bonds. The molecule has 200 valence electrons. The van der Waals surface area contributed by atoms with Crippen molar-refractivity contribution in [2.24, 2.45) is 0 Å². The Balaban J connectivity index is 1.53. The monoisotopic (exact) mass is 620 g/mol. The fourth-order valence-electron chi connectivity index (χ4n) is 3.49. The van der Waals surface area contributed by atoms with Gasteiger partial charge in [-0.15, -0.1) is 0 Å². The highest BCUT2D eigenvalue weighted by Gasteiger charge is 2.34. The molecule has 4 rings (SSSR count). The van der Waals surface area contributed by atoms with Crippen molar-refractivity contribution in [3.05, 3.63) is 39.0 Å². The van der Waals surface area contributed by atoms with Gasteiger partial charge in [0.05, 0.1) is 10.2 Å². The number of benzene rings is 1. The first kappa shape index (κ1) is 27.3. The highest BCUT2D eigenvalue weighted by Crippen LogP contribution is 2.35. The van der Waals surface area contributed by atoms with Gasteiger partial charge >= 0.3 is 22.1 Å². The normalized spacial score (nSPS) is 17.1. The summed E-state index contributed by atoms with van der Waals surface area (Å²) in [6.07, 6.45) is 0.0827. The van der Waals surface area contributed by atoms with Crippen LogP contribution in [0.25, 0.3) is 17.2 Å². The van der Waals surface area contributed by atoms with Gasteiger partial charge in [0.15, 0.2) is 10.7 Å². The maximum atomic E-state index is 13.7. The second-order valence-electron chi connectivity index (χ2n) is 8.97. The molecule has 3 aromatic rings. The summed E-state index contributed by atoms with van der Waals surface area (Å²) in [6.45, 7) is 5.14. The number of carbonyl (C=O) groups is 1. The highest BCUT2D eigenvalue weighted by atomic mass is 79.9. The van der Waals surface area contributed by atoms with Gasteiger partial charge in [0.1, 0.15) is 11.4 Å². The van der Waals surface area contributed by atoms with Gasteiger partial charge in [-0.3, -0.25) is 4.52 Å². The molecule has 1 aliphatic heterocycles. The Morgan fingerprint density at radius 3 is 2.76 bits per heavy atom. The molecule has 17 heteroatoms. The molecule has 1 aliphatic rings. The van der Waals surface area contributed by atoms with Crippen molar-refractivity contribution < 1.29 is 31.5 Å². The predicted molar refractivity (Wildman–Crippen MR) is 132 cm³/mol. The molecule has 1 aromatic carbocycles. The highest BCUT2D eigenvalue weighted by molar-refractivity contribution is 9.10. The number of hydrogen-bond donors (Lipinski definition) is 1. The molecule has 2 aromatic heterocycles. The Morgan fingerprint density at radius 1 is 1.30 bits per heavy atom. The topological polar surface area (TPSA) is 163 Å². The predicted octanol–water partition coefficient (Wildman–Crippen LogP) is 3.10. The van der Waals surface area contributed by atoms with Gasteiger partial charge in [-0.2, -0.15) is 12.7 Å². The smallest absolute Gasteiger partial charge is 0.443 e. The van der Waals surface area contributed by atoms with E-state index in [1.165, 1.54) is 30.0 Å². The molecule has 0 saturated carbocycles. The average Bonchev–Trinajstić information content (AvgIpc) is 3.40. The summed E-state index contributed by atoms with van der Waals surface area (Å²) >= 11 is 4.26. The Morgan fingerprint density at radius 2 is 2.05 bits per heavy atom. The van der Waals surface area contributed by atoms with Gasteiger partial charge in [0.2, 0.25) is 5.82 Å². The van der Waals surface area contributed by atoms with Crippen molar-refractivity contribution >= 4 is 44.0 Å². The van der Waals surface area contributed by atoms with E-state index in [4.69, 9.17) is 13.9 Å². The first-order valence-electron chi connectivity index (χ1n) is 10.9. The maximum absolute atomic E-state index is 13.7. The zero-order chi connectivity index (χ0) is 27.0. The van der Waals surface area contributed by atoms with Gasteiger partial charge in [-0.05, 0) is 78.1 Å². The van der Waals surface area contributed by atoms with Gasteiger partial charge in [-0.25, -0.2) is 27.9 Å². The second kappa shape index (κ2) is 10.5. The standard InChI is InChI=1S/C20H22BrFN6O7S2/c1-20(2,3)33-18(29)26-37(31,32)27-8-4-5-12(10-27)36-17-15(23-35-25-17)16-24-34-19(30)28(16)11-6-7-14(22)13(21)9-11/h6-7,9,12H,4-5,8,10H2,1-3H3,(H,26,29). The molecule has 1 atom stereocenters. The average molecular weight is 621 g/mol. The molecule has 0 aliphatic carbocycles. The largest absolute Gasteiger partial charge is 0.446 e. The summed E-state index contributed by atoms with van der Waals surface area (Å²) in [5.41, 5.74) is -0.512. The lowest BCUT2D eigenvalue weighted by atomic mass is 10.2. The van der Waals surface area contributed by atoms with Gasteiger partial charge in [-0.1, -0.05) is 16.9 Å². The maximum Gasteiger partial charge on any atom is 0.446 e. The van der Waals surface area contributed by atoms with E-state index < -0.39 is 33.5 Å². The number of piperidine rings is 1. The number of hydrogen-bond acceptors (Lipinski definition) is 11. The molecule has 0 bridgehead atoms. The molecular formula is C20H22BrFN6O7S2. The number of aromatic nitrogens is 4. The van der Waals surface area contributed by atoms with Crippen molar-refractivity contribution in [1.29, 1.82) is 0 Å². The van der Waals surface area contributed by atoms with Crippen LogP contribution in [0.15, 0.2) is 41.6 Å². The number of halogens is 2. The van der Waals surface area contributed by atoms with Gasteiger partial charge < -0.3 is 4.74 Å². The van der Waals surface area contributed by atoms with Crippen molar-refractivity contribution in [2.75, 3.05) is 13.1 Å². The van der Waals surface area contributed by atoms with E-state index in [1.54, 1.807) is 20.8 Å². The number of nitrogens with one attached hydrogen (secondary N) is 1. The minimum absolute atomic E-state index is 0.0286. The molecule has 1 fully saturated rings. The van der Waals surface area contributed by atoms with E-state index in [0.717, 1.165) is 8.87 Å². The summed E-state index contributed by atoms with van der Waals surface area (Å²) in [4.78, 5) is 24.4. The van der Waals surface area contributed by atoms with Crippen LogP contribution in [0.1, 0.15) is 33.6 Å². The molecule has 1 unspecified atom stereocenters. The van der Waals surface area contributed by atoms with Crippen LogP contribution in [0.5, 0.6) is 0 Å². The van der Waals surface area contributed by atoms with Crippen molar-refractivity contribution in [3.8, 4) is 17.2 Å². The zero-order valence-electron chi connectivity index (χ0n) is 19.8. The summed E-state index contributed by atoms with van der Waals surface area (Å²) < 4.78 is 58.2. The Bertz CT molecular complexity index is 1470. The number of amides is 1. The summed E-state index contributed by atoms with van der Waals surface area (Å²) in [5.74, 6) is -1.39. The van der Waals surface area contributed by atoms with Crippen LogP contribution in [0.3, 0.4) is 0 Å². The third kappa shape index (κ3) is 6.39. The zero-order valence-corrected chi connectivity index (χ0v) is 23.0. The molecular weight excluding hydrogens is 599 g/mol. The third-order valence-corrected chi connectivity index (χ3v) is 8.26. The molecule has 1 saturated heterocycles. The van der Waals surface area contributed by atoms with E-state index >= 15 is 0 Å². The lowest BCUT2D eigenvalue weighted by Gasteiger charge is -2.31. The van der Waals surface area contributed by atoms with E-state index in [-0.39, 0.29) is 45.0 Å². The number of nitrogens with zero attached hydrogens (tertiary/aromatic N) is 5. The quantitative estimate of drug-likeness (QED) is 0.430. The van der Waals surface area contributed by atoms with Crippen LogP contribution in [-0.4, -0.2) is 62.8 Å². The number of rotatable bonds is 6. The summed E-state index contributed by atoms with van der Waals surface area (Å²) in [5, 5.41) is 11.5. The Kier molecular flexibility index (Phi) is 7.77. The SMILES string of the molecule is CC(C)(C)OC(=O)NS(=O)(=O)N1CCCC(Sc2nonc2-c2noc(=O)n2-c2ccc(F)c(Br)c2)C1. The fraction of sp³-hybridized carbons (Fsp3) is 0.450. The van der Waals surface area contributed by atoms with Crippen molar-refractivity contribution in [2.45, 2.75) is 49.5 Å². The van der Waals surface area contributed by atoms with Crippen molar-refractivity contribution in [1.82, 2.24) is 29.1 Å². The lowest BCUT2D eigenvalue weighted by Crippen LogP contribution is -2.49. The molecule has 37 heavy (non-hydrogen) atoms. The number of thioether (sulfide) groups is 1. The Hall–Kier alpha value is -2.76. The molecule has 13 nitrogen and oxygen atoms in total. The van der Waals surface area contributed by atoms with Gasteiger partial charge in [0.25, 0.3) is 0 Å². The fourth-order valence-corrected chi connectivity index (χ4v) is 6.25. The molecule has 1 N–H and O–H groups in total. The second-order valence-corrected chi connectivity index (χ2v) is 12.8. The molecule has 0 radical (unpaired) electrons. The molecule has 0 spiro atoms. The van der Waals surface area contributed by atoms with Crippen molar-refractivity contribution in [3.63, 3.8) is 0 Å². The van der Waals surface area contributed by atoms with Crippen LogP contribution < -0.4 is 10.5 Å². The van der Waals surface area contributed by atoms with Crippen LogP contribution in [0, 0.1) is 5.82 Å². The summed E-state index contributed by atoms with van der Waals surface area (Å²) in [7, 11) is -4.15. The van der Waals surface area contributed by atoms with Crippen LogP contribution >= 0.6 is 27.7 Å². The number of carbonyl (C=O) groups excluding carboxylic acids is 1. The molecule has 3 heterocycles. The lowest BCUT2D eigenvalue weighted by molar-refractivity contribution is 0.0566. The third-order valence-electron chi connectivity index (χ3n) is 5.01. The van der Waals surface area contributed by atoms with Crippen LogP contribution in [-0.2, 0) is 14.9 Å². The van der Waals surface area contributed by atoms with E-state index in [0.29, 0.717) is 12.8 Å². The van der Waals surface area contributed by atoms with E-state index in [1.807, 2.05) is 4.72 Å². The summed E-state index contributed by atoms with van der Waals surface area (Å²) in [6, 6.07) is 3.91. The first-order chi connectivity index (χ1) is 17.3. The first-order valence-corrected chi connectivity index (χ1v) is 14.0. The number of ether oxygens (including phenoxy) is 1. The minimum Gasteiger partial charge on any atom is -0.443 e. The van der Waals surface area contributed by atoms with Gasteiger partial charge in [0, 0.05) is 18.3 Å². The minimum atomic E-state index is -4.15. The van der Waals surface area contributed by atoms with E-state index in [9.17, 15) is 22.4 Å². The van der Waals surface area contributed by atoms with E-state index in [2.05, 4.69) is 31.4 Å². The van der Waals surface area contributed by atoms with Crippen LogP contribution in [0.2, 0.25) is 0 Å².